The molecule has 1 aromatic carbocycles. The minimum absolute atomic E-state index is 0.369. The first-order chi connectivity index (χ1) is 8.32. The summed E-state index contributed by atoms with van der Waals surface area (Å²) in [7, 11) is 0. The zero-order chi connectivity index (χ0) is 13.9. The number of hydrogen-bond acceptors (Lipinski definition) is 2. The lowest BCUT2D eigenvalue weighted by molar-refractivity contribution is -0.147. The number of amides is 1. The van der Waals surface area contributed by atoms with Crippen LogP contribution in [0.2, 0.25) is 0 Å². The Morgan fingerprint density at radius 2 is 1.89 bits per heavy atom. The van der Waals surface area contributed by atoms with Crippen LogP contribution in [0.3, 0.4) is 0 Å². The van der Waals surface area contributed by atoms with Gasteiger partial charge in [0.25, 0.3) is 0 Å². The zero-order valence-electron chi connectivity index (χ0n) is 9.91. The summed E-state index contributed by atoms with van der Waals surface area (Å²) in [5, 5.41) is 11.0. The molecule has 6 heteroatoms. The van der Waals surface area contributed by atoms with Crippen molar-refractivity contribution >= 4 is 17.6 Å². The summed E-state index contributed by atoms with van der Waals surface area (Å²) in [5.41, 5.74) is -0.369. The monoisotopic (exact) mass is 257 g/mol. The second-order valence-electron chi connectivity index (χ2n) is 4.17. The van der Waals surface area contributed by atoms with Crippen molar-refractivity contribution in [1.82, 2.24) is 0 Å². The first-order valence-corrected chi connectivity index (χ1v) is 5.31. The smallest absolute Gasteiger partial charge is 0.316 e. The molecule has 0 aliphatic heterocycles. The summed E-state index contributed by atoms with van der Waals surface area (Å²) in [4.78, 5) is 22.6. The van der Waals surface area contributed by atoms with Crippen molar-refractivity contribution in [2.75, 3.05) is 5.32 Å². The van der Waals surface area contributed by atoms with Crippen LogP contribution in [0.15, 0.2) is 18.2 Å². The fourth-order valence-electron chi connectivity index (χ4n) is 1.50. The van der Waals surface area contributed by atoms with E-state index < -0.39 is 35.3 Å². The van der Waals surface area contributed by atoms with Crippen molar-refractivity contribution in [2.45, 2.75) is 13.8 Å². The topological polar surface area (TPSA) is 66.4 Å². The Bertz CT molecular complexity index is 474. The lowest BCUT2D eigenvalue weighted by Crippen LogP contribution is -2.33. The second-order valence-corrected chi connectivity index (χ2v) is 4.17. The number of carboxylic acids is 1. The Balaban J connectivity index is 2.92. The highest BCUT2D eigenvalue weighted by atomic mass is 19.1. The number of aliphatic carboxylic acids is 1. The summed E-state index contributed by atoms with van der Waals surface area (Å²) in [5.74, 6) is -5.49. The molecule has 1 rings (SSSR count). The quantitative estimate of drug-likeness (QED) is 0.813. The Hall–Kier alpha value is -1.98. The SMILES string of the molecule is CC(C)C(C(=O)O)C(=O)Nc1cc(F)ccc1F. The van der Waals surface area contributed by atoms with Gasteiger partial charge in [-0.25, -0.2) is 8.78 Å². The van der Waals surface area contributed by atoms with Crippen LogP contribution in [-0.4, -0.2) is 17.0 Å². The number of carboxylic acid groups (broad SMARTS) is 1. The van der Waals surface area contributed by atoms with Crippen molar-refractivity contribution < 1.29 is 23.5 Å². The third-order valence-corrected chi connectivity index (χ3v) is 2.40. The fourth-order valence-corrected chi connectivity index (χ4v) is 1.50. The van der Waals surface area contributed by atoms with E-state index >= 15 is 0 Å². The van der Waals surface area contributed by atoms with Gasteiger partial charge in [-0.1, -0.05) is 13.8 Å². The molecule has 0 bridgehead atoms. The van der Waals surface area contributed by atoms with Gasteiger partial charge in [0.05, 0.1) is 5.69 Å². The fraction of sp³-hybridized carbons (Fsp3) is 0.333. The lowest BCUT2D eigenvalue weighted by atomic mass is 9.95. The summed E-state index contributed by atoms with van der Waals surface area (Å²) >= 11 is 0. The molecule has 0 saturated carbocycles. The van der Waals surface area contributed by atoms with Crippen molar-refractivity contribution in [3.05, 3.63) is 29.8 Å². The predicted molar refractivity (Wildman–Crippen MR) is 61.0 cm³/mol. The van der Waals surface area contributed by atoms with Gasteiger partial charge in [0.1, 0.15) is 17.6 Å². The first-order valence-electron chi connectivity index (χ1n) is 5.31. The predicted octanol–water partition coefficient (Wildman–Crippen LogP) is 2.26. The van der Waals surface area contributed by atoms with E-state index in [0.717, 1.165) is 18.2 Å². The molecule has 18 heavy (non-hydrogen) atoms. The van der Waals surface area contributed by atoms with Gasteiger partial charge < -0.3 is 10.4 Å². The molecule has 2 N–H and O–H groups in total. The van der Waals surface area contributed by atoms with E-state index in [-0.39, 0.29) is 5.69 Å². The lowest BCUT2D eigenvalue weighted by Gasteiger charge is -2.16. The second kappa shape index (κ2) is 5.57. The highest BCUT2D eigenvalue weighted by molar-refractivity contribution is 6.04. The highest BCUT2D eigenvalue weighted by Gasteiger charge is 2.30. The Labute approximate surface area is 103 Å². The minimum Gasteiger partial charge on any atom is -0.481 e. The number of hydrogen-bond donors (Lipinski definition) is 2. The van der Waals surface area contributed by atoms with Crippen LogP contribution in [0.5, 0.6) is 0 Å². The maximum atomic E-state index is 13.3. The molecule has 1 aromatic rings. The molecular formula is C12H13F2NO3. The molecule has 0 fully saturated rings. The third kappa shape index (κ3) is 3.26. The van der Waals surface area contributed by atoms with Crippen molar-refractivity contribution in [1.29, 1.82) is 0 Å². The molecule has 0 radical (unpaired) electrons. The first kappa shape index (κ1) is 14.1. The average Bonchev–Trinajstić information content (AvgIpc) is 2.22. The molecule has 98 valence electrons. The molecule has 0 spiro atoms. The largest absolute Gasteiger partial charge is 0.481 e. The number of anilines is 1. The molecule has 0 aliphatic carbocycles. The van der Waals surface area contributed by atoms with Crippen molar-refractivity contribution in [2.24, 2.45) is 11.8 Å². The summed E-state index contributed by atoms with van der Waals surface area (Å²) in [6.45, 7) is 3.11. The number of carbonyl (C=O) groups excluding carboxylic acids is 1. The highest BCUT2D eigenvalue weighted by Crippen LogP contribution is 2.19. The summed E-state index contributed by atoms with van der Waals surface area (Å²) in [6, 6.07) is 2.56. The van der Waals surface area contributed by atoms with Crippen LogP contribution in [-0.2, 0) is 9.59 Å². The van der Waals surface area contributed by atoms with Crippen LogP contribution >= 0.6 is 0 Å². The van der Waals surface area contributed by atoms with Crippen LogP contribution in [0.25, 0.3) is 0 Å². The van der Waals surface area contributed by atoms with Crippen molar-refractivity contribution in [3.63, 3.8) is 0 Å². The summed E-state index contributed by atoms with van der Waals surface area (Å²) in [6.07, 6.45) is 0. The number of nitrogens with one attached hydrogen (secondary N) is 1. The number of carbonyl (C=O) groups is 2. The van der Waals surface area contributed by atoms with E-state index in [1.807, 2.05) is 0 Å². The van der Waals surface area contributed by atoms with E-state index in [4.69, 9.17) is 5.11 Å². The van der Waals surface area contributed by atoms with Gasteiger partial charge in [0.15, 0.2) is 0 Å². The van der Waals surface area contributed by atoms with E-state index in [1.165, 1.54) is 0 Å². The Kier molecular flexibility index (Phi) is 4.36. The number of benzene rings is 1. The van der Waals surface area contributed by atoms with E-state index in [0.29, 0.717) is 0 Å². The molecule has 0 heterocycles. The van der Waals surface area contributed by atoms with Crippen LogP contribution in [0, 0.1) is 23.5 Å². The Morgan fingerprint density at radius 1 is 1.28 bits per heavy atom. The van der Waals surface area contributed by atoms with Gasteiger partial charge in [-0.3, -0.25) is 9.59 Å². The van der Waals surface area contributed by atoms with Gasteiger partial charge in [-0.05, 0) is 18.1 Å². The molecule has 0 saturated heterocycles. The molecule has 4 nitrogen and oxygen atoms in total. The zero-order valence-corrected chi connectivity index (χ0v) is 9.91. The summed E-state index contributed by atoms with van der Waals surface area (Å²) < 4.78 is 26.1. The van der Waals surface area contributed by atoms with Gasteiger partial charge in [0, 0.05) is 6.07 Å². The Morgan fingerprint density at radius 3 is 2.39 bits per heavy atom. The third-order valence-electron chi connectivity index (χ3n) is 2.40. The molecular weight excluding hydrogens is 244 g/mol. The standard InChI is InChI=1S/C12H13F2NO3/c1-6(2)10(12(17)18)11(16)15-9-5-7(13)3-4-8(9)14/h3-6,10H,1-2H3,(H,15,16)(H,17,18). The van der Waals surface area contributed by atoms with Crippen LogP contribution in [0.1, 0.15) is 13.8 Å². The molecule has 0 aliphatic rings. The van der Waals surface area contributed by atoms with E-state index in [2.05, 4.69) is 5.32 Å². The van der Waals surface area contributed by atoms with Crippen LogP contribution < -0.4 is 5.32 Å². The minimum atomic E-state index is -1.31. The molecule has 1 amide bonds. The van der Waals surface area contributed by atoms with Crippen molar-refractivity contribution in [3.8, 4) is 0 Å². The molecule has 0 aromatic heterocycles. The maximum Gasteiger partial charge on any atom is 0.316 e. The van der Waals surface area contributed by atoms with Gasteiger partial charge in [-0.2, -0.15) is 0 Å². The van der Waals surface area contributed by atoms with Crippen LogP contribution in [0.4, 0.5) is 14.5 Å². The van der Waals surface area contributed by atoms with Gasteiger partial charge in [-0.15, -0.1) is 0 Å². The molecule has 1 atom stereocenters. The number of halogens is 2. The average molecular weight is 257 g/mol. The van der Waals surface area contributed by atoms with Gasteiger partial charge >= 0.3 is 5.97 Å². The number of rotatable bonds is 4. The van der Waals surface area contributed by atoms with E-state index in [9.17, 15) is 18.4 Å². The maximum absolute atomic E-state index is 13.3. The normalized spacial score (nSPS) is 12.3. The van der Waals surface area contributed by atoms with E-state index in [1.54, 1.807) is 13.8 Å². The van der Waals surface area contributed by atoms with Gasteiger partial charge in [0.2, 0.25) is 5.91 Å². The molecule has 1 unspecified atom stereocenters.